The molecule has 6 nitrogen and oxygen atoms in total. The lowest BCUT2D eigenvalue weighted by atomic mass is 10.1. The minimum absolute atomic E-state index is 0. The van der Waals surface area contributed by atoms with Crippen molar-refractivity contribution in [1.82, 2.24) is 9.80 Å². The molecule has 8 heteroatoms. The fourth-order valence-corrected chi connectivity index (χ4v) is 3.00. The molecule has 1 aliphatic rings. The van der Waals surface area contributed by atoms with E-state index in [2.05, 4.69) is 17.3 Å². The van der Waals surface area contributed by atoms with Crippen molar-refractivity contribution in [1.29, 1.82) is 0 Å². The summed E-state index contributed by atoms with van der Waals surface area (Å²) in [5.41, 5.74) is 8.26. The van der Waals surface area contributed by atoms with Crippen LogP contribution in [0.1, 0.15) is 15.9 Å². The summed E-state index contributed by atoms with van der Waals surface area (Å²) in [6, 6.07) is 14.3. The SMILES string of the molecule is CN1CCN(C(=O)Cc2cccc(NC(=O)c3ccccc3N)c2)CC1.Cl.Cl. The normalized spacial score (nSPS) is 13.8. The molecule has 1 saturated heterocycles. The van der Waals surface area contributed by atoms with Crippen molar-refractivity contribution in [3.63, 3.8) is 0 Å². The number of nitrogen functional groups attached to an aromatic ring is 1. The zero-order valence-electron chi connectivity index (χ0n) is 15.8. The van der Waals surface area contributed by atoms with Crippen molar-refractivity contribution in [2.75, 3.05) is 44.3 Å². The summed E-state index contributed by atoms with van der Waals surface area (Å²) in [5.74, 6) is -0.139. The molecule has 0 radical (unpaired) electrons. The van der Waals surface area contributed by atoms with Crippen LogP contribution in [-0.4, -0.2) is 54.8 Å². The average molecular weight is 425 g/mol. The van der Waals surface area contributed by atoms with Gasteiger partial charge in [0.15, 0.2) is 0 Å². The van der Waals surface area contributed by atoms with Gasteiger partial charge in [0.25, 0.3) is 5.91 Å². The zero-order valence-corrected chi connectivity index (χ0v) is 17.4. The first-order valence-electron chi connectivity index (χ1n) is 8.74. The lowest BCUT2D eigenvalue weighted by Crippen LogP contribution is -2.47. The van der Waals surface area contributed by atoms with E-state index in [1.54, 1.807) is 30.3 Å². The molecule has 0 atom stereocenters. The molecule has 2 aromatic carbocycles. The summed E-state index contributed by atoms with van der Waals surface area (Å²) < 4.78 is 0. The molecule has 0 aromatic heterocycles. The number of likely N-dealkylation sites (N-methyl/N-ethyl adjacent to an activating group) is 1. The van der Waals surface area contributed by atoms with Gasteiger partial charge in [-0.3, -0.25) is 9.59 Å². The first-order valence-corrected chi connectivity index (χ1v) is 8.74. The van der Waals surface area contributed by atoms with E-state index in [1.165, 1.54) is 0 Å². The molecule has 0 unspecified atom stereocenters. The van der Waals surface area contributed by atoms with Gasteiger partial charge in [-0.05, 0) is 36.9 Å². The van der Waals surface area contributed by atoms with Gasteiger partial charge in [-0.25, -0.2) is 0 Å². The molecule has 2 amide bonds. The van der Waals surface area contributed by atoms with Gasteiger partial charge >= 0.3 is 0 Å². The number of rotatable bonds is 4. The summed E-state index contributed by atoms with van der Waals surface area (Å²) in [4.78, 5) is 29.0. The zero-order chi connectivity index (χ0) is 18.5. The van der Waals surface area contributed by atoms with Crippen molar-refractivity contribution in [3.8, 4) is 0 Å². The summed E-state index contributed by atoms with van der Waals surface area (Å²) in [5, 5.41) is 2.85. The summed E-state index contributed by atoms with van der Waals surface area (Å²) in [6.07, 6.45) is 0.334. The number of nitrogens with zero attached hydrogens (tertiary/aromatic N) is 2. The van der Waals surface area contributed by atoms with Crippen LogP contribution in [0, 0.1) is 0 Å². The lowest BCUT2D eigenvalue weighted by molar-refractivity contribution is -0.132. The Morgan fingerprint density at radius 1 is 1.00 bits per heavy atom. The number of benzene rings is 2. The van der Waals surface area contributed by atoms with Crippen LogP contribution in [0.3, 0.4) is 0 Å². The van der Waals surface area contributed by atoms with Crippen LogP contribution in [0.25, 0.3) is 0 Å². The third-order valence-corrected chi connectivity index (χ3v) is 4.60. The second-order valence-electron chi connectivity index (χ2n) is 6.60. The fraction of sp³-hybridized carbons (Fsp3) is 0.300. The van der Waals surface area contributed by atoms with Crippen molar-refractivity contribution in [2.45, 2.75) is 6.42 Å². The van der Waals surface area contributed by atoms with Crippen LogP contribution in [0.5, 0.6) is 0 Å². The van der Waals surface area contributed by atoms with E-state index < -0.39 is 0 Å². The largest absolute Gasteiger partial charge is 0.398 e. The monoisotopic (exact) mass is 424 g/mol. The number of nitrogens with one attached hydrogen (secondary N) is 1. The topological polar surface area (TPSA) is 78.7 Å². The highest BCUT2D eigenvalue weighted by atomic mass is 35.5. The molecular formula is C20H26Cl2N4O2. The van der Waals surface area contributed by atoms with E-state index in [-0.39, 0.29) is 36.6 Å². The number of carbonyl (C=O) groups is 2. The maximum Gasteiger partial charge on any atom is 0.257 e. The Bertz CT molecular complexity index is 808. The van der Waals surface area contributed by atoms with Gasteiger partial charge in [0.05, 0.1) is 12.0 Å². The van der Waals surface area contributed by atoms with Gasteiger partial charge in [0, 0.05) is 37.6 Å². The fourth-order valence-electron chi connectivity index (χ4n) is 3.00. The molecule has 1 heterocycles. The van der Waals surface area contributed by atoms with Crippen molar-refractivity contribution in [2.24, 2.45) is 0 Å². The van der Waals surface area contributed by atoms with Crippen LogP contribution in [0.15, 0.2) is 48.5 Å². The number of hydrogen-bond donors (Lipinski definition) is 2. The Labute approximate surface area is 177 Å². The maximum absolute atomic E-state index is 12.5. The predicted octanol–water partition coefficient (Wildman–Crippen LogP) is 2.68. The highest BCUT2D eigenvalue weighted by molar-refractivity contribution is 6.07. The van der Waals surface area contributed by atoms with Crippen LogP contribution in [-0.2, 0) is 11.2 Å². The van der Waals surface area contributed by atoms with Crippen LogP contribution >= 0.6 is 24.8 Å². The first-order chi connectivity index (χ1) is 12.5. The third-order valence-electron chi connectivity index (χ3n) is 4.60. The van der Waals surface area contributed by atoms with Crippen LogP contribution in [0.4, 0.5) is 11.4 Å². The molecular weight excluding hydrogens is 399 g/mol. The Hall–Kier alpha value is -2.28. The second kappa shape index (κ2) is 10.9. The molecule has 0 saturated carbocycles. The number of para-hydroxylation sites is 1. The Morgan fingerprint density at radius 2 is 1.68 bits per heavy atom. The van der Waals surface area contributed by atoms with Gasteiger partial charge < -0.3 is 20.9 Å². The number of hydrogen-bond acceptors (Lipinski definition) is 4. The minimum Gasteiger partial charge on any atom is -0.398 e. The number of piperazine rings is 1. The summed E-state index contributed by atoms with van der Waals surface area (Å²) in [6.45, 7) is 3.33. The third kappa shape index (κ3) is 6.12. The standard InChI is InChI=1S/C20H24N4O2.2ClH/c1-23-9-11-24(12-10-23)19(25)14-15-5-4-6-16(13-15)22-20(26)17-7-2-3-8-18(17)21;;/h2-8,13H,9-12,14,21H2,1H3,(H,22,26);2*1H. The van der Waals surface area contributed by atoms with Crippen molar-refractivity contribution < 1.29 is 9.59 Å². The molecule has 1 fully saturated rings. The molecule has 152 valence electrons. The molecule has 0 spiro atoms. The predicted molar refractivity (Wildman–Crippen MR) is 118 cm³/mol. The maximum atomic E-state index is 12.5. The Kier molecular flexibility index (Phi) is 9.25. The van der Waals surface area contributed by atoms with Crippen LogP contribution in [0.2, 0.25) is 0 Å². The minimum atomic E-state index is -0.259. The van der Waals surface area contributed by atoms with Gasteiger partial charge in [-0.1, -0.05) is 24.3 Å². The quantitative estimate of drug-likeness (QED) is 0.739. The molecule has 1 aliphatic heterocycles. The van der Waals surface area contributed by atoms with Crippen molar-refractivity contribution in [3.05, 3.63) is 59.7 Å². The number of nitrogens with two attached hydrogens (primary N) is 1. The van der Waals surface area contributed by atoms with E-state index in [0.717, 1.165) is 31.7 Å². The van der Waals surface area contributed by atoms with E-state index in [0.29, 0.717) is 23.4 Å². The number of halogens is 2. The number of anilines is 2. The van der Waals surface area contributed by atoms with Gasteiger partial charge in [0.1, 0.15) is 0 Å². The first kappa shape index (κ1) is 23.8. The summed E-state index contributed by atoms with van der Waals surface area (Å²) >= 11 is 0. The molecule has 2 aromatic rings. The second-order valence-corrected chi connectivity index (χ2v) is 6.60. The van der Waals surface area contributed by atoms with Gasteiger partial charge in [0.2, 0.25) is 5.91 Å². The lowest BCUT2D eigenvalue weighted by Gasteiger charge is -2.32. The smallest absolute Gasteiger partial charge is 0.257 e. The van der Waals surface area contributed by atoms with Gasteiger partial charge in [-0.15, -0.1) is 24.8 Å². The number of amides is 2. The van der Waals surface area contributed by atoms with Gasteiger partial charge in [-0.2, -0.15) is 0 Å². The van der Waals surface area contributed by atoms with Crippen molar-refractivity contribution >= 4 is 48.0 Å². The van der Waals surface area contributed by atoms with Crippen LogP contribution < -0.4 is 11.1 Å². The molecule has 28 heavy (non-hydrogen) atoms. The highest BCUT2D eigenvalue weighted by Gasteiger charge is 2.19. The van der Waals surface area contributed by atoms with E-state index >= 15 is 0 Å². The van der Waals surface area contributed by atoms with E-state index in [4.69, 9.17) is 5.73 Å². The number of carbonyl (C=O) groups excluding carboxylic acids is 2. The molecule has 3 N–H and O–H groups in total. The molecule has 0 bridgehead atoms. The molecule has 3 rings (SSSR count). The summed E-state index contributed by atoms with van der Waals surface area (Å²) in [7, 11) is 2.06. The molecule has 0 aliphatic carbocycles. The Morgan fingerprint density at radius 3 is 2.36 bits per heavy atom. The van der Waals surface area contributed by atoms with E-state index in [9.17, 15) is 9.59 Å². The average Bonchev–Trinajstić information content (AvgIpc) is 2.63. The Balaban J connectivity index is 0.00000196. The highest BCUT2D eigenvalue weighted by Crippen LogP contribution is 2.16. The van der Waals surface area contributed by atoms with E-state index in [1.807, 2.05) is 23.1 Å².